The number of benzene rings is 1. The fraction of sp³-hybridized carbons (Fsp3) is 0.429. The minimum atomic E-state index is 0.0987. The number of rotatable bonds is 6. The average Bonchev–Trinajstić information content (AvgIpc) is 2.89. The highest BCUT2D eigenvalue weighted by Gasteiger charge is 2.12. The van der Waals surface area contributed by atoms with Gasteiger partial charge < -0.3 is 14.4 Å². The van der Waals surface area contributed by atoms with Gasteiger partial charge in [0.1, 0.15) is 23.1 Å². The molecular formula is C21H28N4O2S. The Balaban J connectivity index is 1.42. The molecule has 1 aliphatic rings. The number of likely N-dealkylation sites (N-methyl/N-ethyl adjacent to an activating group) is 1. The minimum Gasteiger partial charge on any atom is -0.492 e. The number of nitrogens with one attached hydrogen (secondary N) is 1. The third kappa shape index (κ3) is 6.51. The largest absolute Gasteiger partial charge is 0.492 e. The minimum absolute atomic E-state index is 0.0987. The normalized spacial score (nSPS) is 15.8. The Morgan fingerprint density at radius 3 is 2.68 bits per heavy atom. The van der Waals surface area contributed by atoms with Gasteiger partial charge in [-0.15, -0.1) is 0 Å². The molecule has 0 radical (unpaired) electrons. The number of nitrogens with zero attached hydrogens (tertiary/aromatic N) is 3. The van der Waals surface area contributed by atoms with Crippen molar-refractivity contribution in [1.29, 1.82) is 5.41 Å². The lowest BCUT2D eigenvalue weighted by Gasteiger charge is -2.20. The van der Waals surface area contributed by atoms with Crippen LogP contribution in [0.3, 0.4) is 0 Å². The van der Waals surface area contributed by atoms with Crippen LogP contribution in [0.4, 0.5) is 0 Å². The van der Waals surface area contributed by atoms with Gasteiger partial charge in [-0.25, -0.2) is 4.98 Å². The van der Waals surface area contributed by atoms with E-state index in [4.69, 9.17) is 14.9 Å². The molecule has 0 unspecified atom stereocenters. The van der Waals surface area contributed by atoms with Crippen molar-refractivity contribution in [3.8, 4) is 11.5 Å². The number of aromatic nitrogens is 1. The predicted molar refractivity (Wildman–Crippen MR) is 114 cm³/mol. The number of hydrogen-bond acceptors (Lipinski definition) is 7. The number of ether oxygens (including phenoxy) is 2. The molecule has 0 atom stereocenters. The second-order valence-electron chi connectivity index (χ2n) is 6.94. The summed E-state index contributed by atoms with van der Waals surface area (Å²) in [5.41, 5.74) is 1.03. The Hall–Kier alpha value is -2.09. The lowest BCUT2D eigenvalue weighted by Crippen LogP contribution is -2.32. The van der Waals surface area contributed by atoms with Crippen molar-refractivity contribution in [3.05, 3.63) is 48.2 Å². The molecule has 1 N–H and O–H groups in total. The van der Waals surface area contributed by atoms with Crippen LogP contribution in [0.2, 0.25) is 0 Å². The molecule has 1 aliphatic heterocycles. The van der Waals surface area contributed by atoms with E-state index < -0.39 is 0 Å². The summed E-state index contributed by atoms with van der Waals surface area (Å²) in [6, 6.07) is 11.3. The summed E-state index contributed by atoms with van der Waals surface area (Å²) in [5.74, 6) is 1.44. The molecule has 2 aromatic rings. The van der Waals surface area contributed by atoms with Crippen molar-refractivity contribution in [2.24, 2.45) is 0 Å². The molecule has 0 aliphatic carbocycles. The quantitative estimate of drug-likeness (QED) is 0.455. The van der Waals surface area contributed by atoms with E-state index in [0.717, 1.165) is 42.5 Å². The molecule has 2 heterocycles. The monoisotopic (exact) mass is 400 g/mol. The summed E-state index contributed by atoms with van der Waals surface area (Å²) in [7, 11) is 2.18. The molecule has 0 saturated carbocycles. The van der Waals surface area contributed by atoms with Gasteiger partial charge in [0.2, 0.25) is 0 Å². The van der Waals surface area contributed by atoms with E-state index in [1.54, 1.807) is 6.20 Å². The highest BCUT2D eigenvalue weighted by Crippen LogP contribution is 2.24. The van der Waals surface area contributed by atoms with Crippen molar-refractivity contribution in [2.45, 2.75) is 18.4 Å². The van der Waals surface area contributed by atoms with E-state index in [0.29, 0.717) is 12.4 Å². The van der Waals surface area contributed by atoms with Crippen LogP contribution in [0.5, 0.6) is 11.5 Å². The third-order valence-electron chi connectivity index (χ3n) is 4.67. The van der Waals surface area contributed by atoms with Gasteiger partial charge >= 0.3 is 0 Å². The number of pyridine rings is 1. The van der Waals surface area contributed by atoms with Gasteiger partial charge in [0.25, 0.3) is 5.23 Å². The lowest BCUT2D eigenvalue weighted by molar-refractivity contribution is 0.212. The summed E-state index contributed by atoms with van der Waals surface area (Å²) in [6.07, 6.45) is 2.93. The van der Waals surface area contributed by atoms with Gasteiger partial charge in [-0.05, 0) is 81.1 Å². The average molecular weight is 401 g/mol. The molecule has 150 valence electrons. The lowest BCUT2D eigenvalue weighted by atomic mass is 10.3. The summed E-state index contributed by atoms with van der Waals surface area (Å²) < 4.78 is 11.5. The van der Waals surface area contributed by atoms with Crippen LogP contribution in [0, 0.1) is 12.3 Å². The Kier molecular flexibility index (Phi) is 7.71. The molecule has 6 nitrogen and oxygen atoms in total. The first-order valence-corrected chi connectivity index (χ1v) is 10.4. The maximum absolute atomic E-state index is 8.03. The van der Waals surface area contributed by atoms with Gasteiger partial charge in [0.05, 0.1) is 0 Å². The summed E-state index contributed by atoms with van der Waals surface area (Å²) in [4.78, 5) is 9.11. The van der Waals surface area contributed by atoms with Gasteiger partial charge in [-0.2, -0.15) is 0 Å². The zero-order chi connectivity index (χ0) is 19.8. The van der Waals surface area contributed by atoms with Crippen molar-refractivity contribution < 1.29 is 9.47 Å². The Labute approximate surface area is 171 Å². The van der Waals surface area contributed by atoms with Gasteiger partial charge in [-0.3, -0.25) is 10.3 Å². The molecule has 0 spiro atoms. The first kappa shape index (κ1) is 20.6. The molecule has 0 bridgehead atoms. The zero-order valence-electron chi connectivity index (χ0n) is 16.6. The van der Waals surface area contributed by atoms with E-state index >= 15 is 0 Å². The zero-order valence-corrected chi connectivity index (χ0v) is 17.4. The fourth-order valence-corrected chi connectivity index (χ4v) is 3.67. The van der Waals surface area contributed by atoms with Crippen molar-refractivity contribution in [2.75, 3.05) is 46.4 Å². The van der Waals surface area contributed by atoms with Crippen LogP contribution in [-0.2, 0) is 0 Å². The van der Waals surface area contributed by atoms with E-state index in [1.165, 1.54) is 24.7 Å². The second-order valence-corrected chi connectivity index (χ2v) is 7.90. The number of hydrogen-bond donors (Lipinski definition) is 1. The second kappa shape index (κ2) is 10.5. The van der Waals surface area contributed by atoms with Crippen molar-refractivity contribution in [3.63, 3.8) is 0 Å². The summed E-state index contributed by atoms with van der Waals surface area (Å²) in [5, 5.41) is 8.91. The van der Waals surface area contributed by atoms with E-state index in [2.05, 4.69) is 21.8 Å². The van der Waals surface area contributed by atoms with Crippen molar-refractivity contribution in [1.82, 2.24) is 14.8 Å². The van der Waals surface area contributed by atoms with E-state index in [-0.39, 0.29) is 5.23 Å². The number of thioether (sulfide) groups is 1. The smallest absolute Gasteiger partial charge is 0.254 e. The molecule has 7 heteroatoms. The Morgan fingerprint density at radius 1 is 1.11 bits per heavy atom. The van der Waals surface area contributed by atoms with Crippen LogP contribution in [-0.4, -0.2) is 66.4 Å². The molecule has 0 amide bonds. The first-order valence-electron chi connectivity index (χ1n) is 9.60. The van der Waals surface area contributed by atoms with Gasteiger partial charge in [0.15, 0.2) is 0 Å². The molecule has 1 fully saturated rings. The fourth-order valence-electron chi connectivity index (χ4n) is 3.01. The van der Waals surface area contributed by atoms with E-state index in [1.807, 2.05) is 43.3 Å². The third-order valence-corrected chi connectivity index (χ3v) is 5.56. The Morgan fingerprint density at radius 2 is 1.89 bits per heavy atom. The van der Waals surface area contributed by atoms with E-state index in [9.17, 15) is 0 Å². The number of aryl methyl sites for hydroxylation is 1. The van der Waals surface area contributed by atoms with Crippen LogP contribution in [0.1, 0.15) is 12.0 Å². The molecule has 1 aromatic carbocycles. The van der Waals surface area contributed by atoms with Crippen LogP contribution < -0.4 is 9.47 Å². The van der Waals surface area contributed by atoms with Crippen LogP contribution in [0.15, 0.2) is 47.6 Å². The van der Waals surface area contributed by atoms with Crippen molar-refractivity contribution >= 4 is 17.0 Å². The van der Waals surface area contributed by atoms with Gasteiger partial charge in [0, 0.05) is 25.8 Å². The molecular weight excluding hydrogens is 372 g/mol. The standard InChI is InChI=1S/C21H28N4O2S/c1-17-5-3-10-23-20(17)28-21(22)27-19-8-6-18(7-9-19)26-16-15-25-12-4-11-24(2)13-14-25/h3,5-10,22H,4,11-16H2,1-2H3. The molecule has 1 saturated heterocycles. The maximum atomic E-state index is 8.03. The predicted octanol–water partition coefficient (Wildman–Crippen LogP) is 3.51. The highest BCUT2D eigenvalue weighted by molar-refractivity contribution is 8.13. The van der Waals surface area contributed by atoms with Gasteiger partial charge in [-0.1, -0.05) is 6.07 Å². The van der Waals surface area contributed by atoms with Crippen LogP contribution in [0.25, 0.3) is 0 Å². The molecule has 3 rings (SSSR count). The Bertz CT molecular complexity index is 769. The molecule has 28 heavy (non-hydrogen) atoms. The molecule has 1 aromatic heterocycles. The SMILES string of the molecule is Cc1cccnc1SC(=N)Oc1ccc(OCCN2CCCN(C)CC2)cc1. The van der Waals surface area contributed by atoms with Crippen LogP contribution >= 0.6 is 11.8 Å². The summed E-state index contributed by atoms with van der Waals surface area (Å²) in [6.45, 7) is 8.11. The topological polar surface area (TPSA) is 61.7 Å². The highest BCUT2D eigenvalue weighted by atomic mass is 32.2. The first-order chi connectivity index (χ1) is 13.6. The maximum Gasteiger partial charge on any atom is 0.254 e. The summed E-state index contributed by atoms with van der Waals surface area (Å²) >= 11 is 1.21.